The SMILES string of the molecule is COc1cccc(NC(C(=O)O)c2cccc(C)c2)c1. The summed E-state index contributed by atoms with van der Waals surface area (Å²) >= 11 is 0. The third kappa shape index (κ3) is 3.29. The third-order valence-corrected chi connectivity index (χ3v) is 3.00. The Kier molecular flexibility index (Phi) is 4.25. The van der Waals surface area contributed by atoms with Crippen LogP contribution >= 0.6 is 0 Å². The molecule has 0 radical (unpaired) electrons. The number of methoxy groups -OCH3 is 1. The minimum absolute atomic E-state index is 0.684. The summed E-state index contributed by atoms with van der Waals surface area (Å²) in [6, 6.07) is 13.9. The Labute approximate surface area is 118 Å². The molecule has 4 nitrogen and oxygen atoms in total. The van der Waals surface area contributed by atoms with E-state index in [0.717, 1.165) is 11.1 Å². The second kappa shape index (κ2) is 6.10. The van der Waals surface area contributed by atoms with Crippen molar-refractivity contribution in [2.24, 2.45) is 0 Å². The van der Waals surface area contributed by atoms with Crippen LogP contribution in [0.25, 0.3) is 0 Å². The molecule has 0 saturated heterocycles. The zero-order valence-corrected chi connectivity index (χ0v) is 11.5. The van der Waals surface area contributed by atoms with Gasteiger partial charge in [0.05, 0.1) is 7.11 Å². The number of hydrogen-bond donors (Lipinski definition) is 2. The van der Waals surface area contributed by atoms with Crippen LogP contribution in [0.2, 0.25) is 0 Å². The van der Waals surface area contributed by atoms with E-state index >= 15 is 0 Å². The van der Waals surface area contributed by atoms with Crippen LogP contribution in [-0.4, -0.2) is 18.2 Å². The minimum Gasteiger partial charge on any atom is -0.497 e. The molecule has 0 aromatic heterocycles. The number of aryl methyl sites for hydroxylation is 1. The van der Waals surface area contributed by atoms with Gasteiger partial charge in [-0.2, -0.15) is 0 Å². The quantitative estimate of drug-likeness (QED) is 0.876. The maximum atomic E-state index is 11.5. The molecule has 4 heteroatoms. The second-order valence-corrected chi connectivity index (χ2v) is 4.56. The molecule has 2 rings (SSSR count). The van der Waals surface area contributed by atoms with Gasteiger partial charge in [0.15, 0.2) is 6.04 Å². The largest absolute Gasteiger partial charge is 0.497 e. The number of benzene rings is 2. The summed E-state index contributed by atoms with van der Waals surface area (Å²) in [6.45, 7) is 1.94. The molecule has 2 N–H and O–H groups in total. The Morgan fingerprint density at radius 1 is 1.20 bits per heavy atom. The molecule has 0 fully saturated rings. The van der Waals surface area contributed by atoms with E-state index in [4.69, 9.17) is 4.74 Å². The molecule has 1 atom stereocenters. The van der Waals surface area contributed by atoms with E-state index in [1.54, 1.807) is 19.2 Å². The van der Waals surface area contributed by atoms with Crippen molar-refractivity contribution in [1.82, 2.24) is 0 Å². The van der Waals surface area contributed by atoms with Crippen LogP contribution in [0.1, 0.15) is 17.2 Å². The lowest BCUT2D eigenvalue weighted by atomic mass is 10.0. The first-order valence-corrected chi connectivity index (χ1v) is 6.30. The Bertz CT molecular complexity index is 610. The highest BCUT2D eigenvalue weighted by molar-refractivity contribution is 5.79. The fourth-order valence-corrected chi connectivity index (χ4v) is 2.02. The van der Waals surface area contributed by atoms with E-state index in [2.05, 4.69) is 5.32 Å². The van der Waals surface area contributed by atoms with Gasteiger partial charge >= 0.3 is 5.97 Å². The van der Waals surface area contributed by atoms with Crippen LogP contribution < -0.4 is 10.1 Å². The molecule has 0 amide bonds. The average Bonchev–Trinajstić information content (AvgIpc) is 2.44. The topological polar surface area (TPSA) is 58.6 Å². The third-order valence-electron chi connectivity index (χ3n) is 3.00. The van der Waals surface area contributed by atoms with Gasteiger partial charge in [0.25, 0.3) is 0 Å². The summed E-state index contributed by atoms with van der Waals surface area (Å²) in [5, 5.41) is 12.4. The summed E-state index contributed by atoms with van der Waals surface area (Å²) < 4.78 is 5.13. The van der Waals surface area contributed by atoms with Gasteiger partial charge in [0.2, 0.25) is 0 Å². The molecule has 0 aliphatic rings. The van der Waals surface area contributed by atoms with Crippen molar-refractivity contribution in [3.8, 4) is 5.75 Å². The molecule has 104 valence electrons. The lowest BCUT2D eigenvalue weighted by molar-refractivity contribution is -0.138. The highest BCUT2D eigenvalue weighted by Gasteiger charge is 2.19. The minimum atomic E-state index is -0.918. The summed E-state index contributed by atoms with van der Waals surface area (Å²) in [5.41, 5.74) is 2.46. The van der Waals surface area contributed by atoms with Crippen LogP contribution in [0.3, 0.4) is 0 Å². The van der Waals surface area contributed by atoms with Gasteiger partial charge in [-0.3, -0.25) is 0 Å². The van der Waals surface area contributed by atoms with Gasteiger partial charge in [-0.25, -0.2) is 4.79 Å². The molecule has 0 saturated carbocycles. The van der Waals surface area contributed by atoms with Crippen molar-refractivity contribution in [1.29, 1.82) is 0 Å². The highest BCUT2D eigenvalue weighted by atomic mass is 16.5. The summed E-state index contributed by atoms with van der Waals surface area (Å²) in [7, 11) is 1.58. The zero-order chi connectivity index (χ0) is 14.5. The smallest absolute Gasteiger partial charge is 0.330 e. The molecule has 0 spiro atoms. The fraction of sp³-hybridized carbons (Fsp3) is 0.188. The standard InChI is InChI=1S/C16H17NO3/c1-11-5-3-6-12(9-11)15(16(18)19)17-13-7-4-8-14(10-13)20-2/h3-10,15,17H,1-2H3,(H,18,19). The first-order valence-electron chi connectivity index (χ1n) is 6.30. The highest BCUT2D eigenvalue weighted by Crippen LogP contribution is 2.23. The van der Waals surface area contributed by atoms with Crippen LogP contribution in [0.5, 0.6) is 5.75 Å². The van der Waals surface area contributed by atoms with Gasteiger partial charge in [-0.05, 0) is 24.6 Å². The van der Waals surface area contributed by atoms with Crippen LogP contribution in [0.15, 0.2) is 48.5 Å². The lowest BCUT2D eigenvalue weighted by Crippen LogP contribution is -2.20. The number of carboxylic acid groups (broad SMARTS) is 1. The van der Waals surface area contributed by atoms with Gasteiger partial charge in [0, 0.05) is 11.8 Å². The molecule has 0 bridgehead atoms. The number of aliphatic carboxylic acids is 1. The van der Waals surface area contributed by atoms with Crippen molar-refractivity contribution < 1.29 is 14.6 Å². The van der Waals surface area contributed by atoms with Gasteiger partial charge in [0.1, 0.15) is 5.75 Å². The normalized spacial score (nSPS) is 11.7. The second-order valence-electron chi connectivity index (χ2n) is 4.56. The van der Waals surface area contributed by atoms with Crippen LogP contribution in [0, 0.1) is 6.92 Å². The van der Waals surface area contributed by atoms with E-state index in [1.165, 1.54) is 0 Å². The summed E-state index contributed by atoms with van der Waals surface area (Å²) in [6.07, 6.45) is 0. The molecule has 20 heavy (non-hydrogen) atoms. The van der Waals surface area contributed by atoms with Crippen molar-refractivity contribution in [2.75, 3.05) is 12.4 Å². The molecular formula is C16H17NO3. The van der Waals surface area contributed by atoms with E-state index in [1.807, 2.05) is 43.3 Å². The maximum absolute atomic E-state index is 11.5. The van der Waals surface area contributed by atoms with Gasteiger partial charge in [-0.15, -0.1) is 0 Å². The Morgan fingerprint density at radius 2 is 1.95 bits per heavy atom. The van der Waals surface area contributed by atoms with Crippen molar-refractivity contribution in [3.63, 3.8) is 0 Å². The molecule has 1 unspecified atom stereocenters. The first kappa shape index (κ1) is 13.9. The Morgan fingerprint density at radius 3 is 2.60 bits per heavy atom. The number of anilines is 1. The fourth-order valence-electron chi connectivity index (χ4n) is 2.02. The van der Waals surface area contributed by atoms with E-state index < -0.39 is 12.0 Å². The molecule has 0 heterocycles. The Hall–Kier alpha value is -2.49. The van der Waals surface area contributed by atoms with Crippen LogP contribution in [0.4, 0.5) is 5.69 Å². The average molecular weight is 271 g/mol. The van der Waals surface area contributed by atoms with Crippen LogP contribution in [-0.2, 0) is 4.79 Å². The van der Waals surface area contributed by atoms with Gasteiger partial charge < -0.3 is 15.2 Å². The number of nitrogens with one attached hydrogen (secondary N) is 1. The number of rotatable bonds is 5. The molecule has 0 aliphatic carbocycles. The number of carboxylic acids is 1. The zero-order valence-electron chi connectivity index (χ0n) is 11.5. The molecular weight excluding hydrogens is 254 g/mol. The molecule has 2 aromatic rings. The molecule has 0 aliphatic heterocycles. The Balaban J connectivity index is 2.28. The number of hydrogen-bond acceptors (Lipinski definition) is 3. The number of carbonyl (C=O) groups is 1. The predicted octanol–water partition coefficient (Wildman–Crippen LogP) is 3.24. The van der Waals surface area contributed by atoms with Crippen molar-refractivity contribution in [3.05, 3.63) is 59.7 Å². The summed E-state index contributed by atoms with van der Waals surface area (Å²) in [4.78, 5) is 11.5. The summed E-state index contributed by atoms with van der Waals surface area (Å²) in [5.74, 6) is -0.234. The number of ether oxygens (including phenoxy) is 1. The van der Waals surface area contributed by atoms with Crippen molar-refractivity contribution >= 4 is 11.7 Å². The maximum Gasteiger partial charge on any atom is 0.330 e. The van der Waals surface area contributed by atoms with E-state index in [0.29, 0.717) is 11.4 Å². The van der Waals surface area contributed by atoms with Crippen molar-refractivity contribution in [2.45, 2.75) is 13.0 Å². The first-order chi connectivity index (χ1) is 9.60. The predicted molar refractivity (Wildman–Crippen MR) is 78.2 cm³/mol. The lowest BCUT2D eigenvalue weighted by Gasteiger charge is -2.17. The monoisotopic (exact) mass is 271 g/mol. The molecule has 2 aromatic carbocycles. The van der Waals surface area contributed by atoms with Gasteiger partial charge in [-0.1, -0.05) is 35.9 Å². The van der Waals surface area contributed by atoms with E-state index in [-0.39, 0.29) is 0 Å². The van der Waals surface area contributed by atoms with E-state index in [9.17, 15) is 9.90 Å².